The van der Waals surface area contributed by atoms with Crippen molar-refractivity contribution >= 4 is 10.0 Å². The van der Waals surface area contributed by atoms with Gasteiger partial charge in [-0.15, -0.1) is 0 Å². The number of hydrogen-bond acceptors (Lipinski definition) is 3. The van der Waals surface area contributed by atoms with Crippen LogP contribution in [0.25, 0.3) is 0 Å². The van der Waals surface area contributed by atoms with Crippen LogP contribution in [0.3, 0.4) is 0 Å². The van der Waals surface area contributed by atoms with Gasteiger partial charge in [-0.3, -0.25) is 4.90 Å². The summed E-state index contributed by atoms with van der Waals surface area (Å²) in [5.41, 5.74) is 1.33. The minimum atomic E-state index is -3.54. The molecule has 0 amide bonds. The Morgan fingerprint density at radius 1 is 0.962 bits per heavy atom. The molecule has 6 heteroatoms. The van der Waals surface area contributed by atoms with Gasteiger partial charge >= 0.3 is 0 Å². The maximum Gasteiger partial charge on any atom is 0.243 e. The lowest BCUT2D eigenvalue weighted by Crippen LogP contribution is -2.51. The van der Waals surface area contributed by atoms with Crippen molar-refractivity contribution in [3.8, 4) is 0 Å². The molecule has 2 aromatic carbocycles. The molecule has 0 aliphatic carbocycles. The molecule has 0 radical (unpaired) electrons. The first-order chi connectivity index (χ1) is 12.5. The second-order valence-corrected chi connectivity index (χ2v) is 8.71. The van der Waals surface area contributed by atoms with Gasteiger partial charge in [0.25, 0.3) is 0 Å². The molecule has 26 heavy (non-hydrogen) atoms. The Morgan fingerprint density at radius 2 is 1.58 bits per heavy atom. The average Bonchev–Trinajstić information content (AvgIpc) is 2.67. The first-order valence-electron chi connectivity index (χ1n) is 9.00. The number of rotatable bonds is 6. The molecule has 0 aromatic heterocycles. The number of nitrogens with zero attached hydrogens (tertiary/aromatic N) is 2. The number of aryl methyl sites for hydroxylation is 1. The zero-order valence-electron chi connectivity index (χ0n) is 15.0. The van der Waals surface area contributed by atoms with Gasteiger partial charge in [-0.1, -0.05) is 30.3 Å². The summed E-state index contributed by atoms with van der Waals surface area (Å²) >= 11 is 0. The fourth-order valence-corrected chi connectivity index (χ4v) is 4.77. The van der Waals surface area contributed by atoms with Crippen molar-refractivity contribution < 1.29 is 12.8 Å². The molecule has 0 bridgehead atoms. The first-order valence-corrected chi connectivity index (χ1v) is 10.4. The Hall–Kier alpha value is -1.76. The minimum absolute atomic E-state index is 0.157. The third kappa shape index (κ3) is 4.50. The fraction of sp³-hybridized carbons (Fsp3) is 0.400. The lowest BCUT2D eigenvalue weighted by atomic mass is 10.0. The van der Waals surface area contributed by atoms with Crippen molar-refractivity contribution in [1.82, 2.24) is 9.21 Å². The van der Waals surface area contributed by atoms with E-state index in [1.165, 1.54) is 34.1 Å². The van der Waals surface area contributed by atoms with Gasteiger partial charge < -0.3 is 0 Å². The van der Waals surface area contributed by atoms with Crippen LogP contribution in [0, 0.1) is 5.82 Å². The highest BCUT2D eigenvalue weighted by molar-refractivity contribution is 7.89. The minimum Gasteiger partial charge on any atom is -0.298 e. The summed E-state index contributed by atoms with van der Waals surface area (Å²) in [5.74, 6) is -0.430. The van der Waals surface area contributed by atoms with Crippen LogP contribution < -0.4 is 0 Å². The van der Waals surface area contributed by atoms with Crippen molar-refractivity contribution in [3.63, 3.8) is 0 Å². The molecule has 1 unspecified atom stereocenters. The summed E-state index contributed by atoms with van der Waals surface area (Å²) < 4.78 is 39.9. The molecule has 1 atom stereocenters. The molecule has 2 aromatic rings. The summed E-state index contributed by atoms with van der Waals surface area (Å²) in [7, 11) is -3.54. The third-order valence-electron chi connectivity index (χ3n) is 5.04. The highest BCUT2D eigenvalue weighted by Gasteiger charge is 2.29. The van der Waals surface area contributed by atoms with Crippen LogP contribution in [0.4, 0.5) is 4.39 Å². The number of hydrogen-bond donors (Lipinski definition) is 0. The van der Waals surface area contributed by atoms with E-state index in [0.29, 0.717) is 19.1 Å². The van der Waals surface area contributed by atoms with E-state index in [-0.39, 0.29) is 4.90 Å². The number of halogens is 1. The van der Waals surface area contributed by atoms with Crippen molar-refractivity contribution in [3.05, 3.63) is 66.0 Å². The summed E-state index contributed by atoms with van der Waals surface area (Å²) in [5, 5.41) is 0. The van der Waals surface area contributed by atoms with E-state index in [1.54, 1.807) is 0 Å². The molecule has 1 saturated heterocycles. The van der Waals surface area contributed by atoms with Crippen LogP contribution in [-0.2, 0) is 16.4 Å². The van der Waals surface area contributed by atoms with Crippen LogP contribution >= 0.6 is 0 Å². The lowest BCUT2D eigenvalue weighted by molar-refractivity contribution is 0.140. The van der Waals surface area contributed by atoms with Crippen molar-refractivity contribution in [2.75, 3.05) is 26.2 Å². The predicted molar refractivity (Wildman–Crippen MR) is 101 cm³/mol. The molecule has 1 aliphatic heterocycles. The predicted octanol–water partition coefficient (Wildman–Crippen LogP) is 3.15. The molecule has 140 valence electrons. The molecule has 3 rings (SSSR count). The van der Waals surface area contributed by atoms with Gasteiger partial charge in [-0.25, -0.2) is 12.8 Å². The molecule has 1 heterocycles. The van der Waals surface area contributed by atoms with E-state index >= 15 is 0 Å². The van der Waals surface area contributed by atoms with Gasteiger partial charge in [0.15, 0.2) is 0 Å². The topological polar surface area (TPSA) is 40.6 Å². The molecule has 1 fully saturated rings. The maximum absolute atomic E-state index is 13.0. The second kappa shape index (κ2) is 8.29. The van der Waals surface area contributed by atoms with Gasteiger partial charge in [0.05, 0.1) is 4.90 Å². The summed E-state index contributed by atoms with van der Waals surface area (Å²) in [4.78, 5) is 2.50. The van der Waals surface area contributed by atoms with Crippen LogP contribution in [0.1, 0.15) is 18.9 Å². The van der Waals surface area contributed by atoms with Crippen molar-refractivity contribution in [2.45, 2.75) is 30.7 Å². The number of sulfonamides is 1. The van der Waals surface area contributed by atoms with Gasteiger partial charge in [0.1, 0.15) is 5.82 Å². The smallest absolute Gasteiger partial charge is 0.243 e. The molecule has 0 spiro atoms. The highest BCUT2D eigenvalue weighted by Crippen LogP contribution is 2.20. The molecular formula is C20H25FN2O2S. The van der Waals surface area contributed by atoms with E-state index in [1.807, 2.05) is 6.07 Å². The molecule has 1 aliphatic rings. The Balaban J connectivity index is 1.54. The van der Waals surface area contributed by atoms with Crippen LogP contribution in [0.5, 0.6) is 0 Å². The Labute approximate surface area is 155 Å². The maximum atomic E-state index is 13.0. The zero-order valence-corrected chi connectivity index (χ0v) is 15.8. The van der Waals surface area contributed by atoms with E-state index in [4.69, 9.17) is 0 Å². The first kappa shape index (κ1) is 19.0. The Bertz CT molecular complexity index is 801. The van der Waals surface area contributed by atoms with Gasteiger partial charge in [-0.2, -0.15) is 4.31 Å². The standard InChI is InChI=1S/C20H25FN2O2S/c1-17(7-8-18-5-3-2-4-6-18)22-13-15-23(16-14-22)26(24,25)20-11-9-19(21)10-12-20/h2-6,9-12,17H,7-8,13-16H2,1H3. The third-order valence-corrected chi connectivity index (χ3v) is 6.95. The molecule has 0 N–H and O–H groups in total. The molecule has 4 nitrogen and oxygen atoms in total. The average molecular weight is 376 g/mol. The normalized spacial score (nSPS) is 17.9. The van der Waals surface area contributed by atoms with E-state index < -0.39 is 15.8 Å². The van der Waals surface area contributed by atoms with Crippen molar-refractivity contribution in [1.29, 1.82) is 0 Å². The zero-order chi connectivity index (χ0) is 18.6. The van der Waals surface area contributed by atoms with Gasteiger partial charge in [0, 0.05) is 32.2 Å². The van der Waals surface area contributed by atoms with E-state index in [9.17, 15) is 12.8 Å². The Morgan fingerprint density at radius 3 is 2.19 bits per heavy atom. The van der Waals surface area contributed by atoms with Crippen molar-refractivity contribution in [2.24, 2.45) is 0 Å². The quantitative estimate of drug-likeness (QED) is 0.778. The van der Waals surface area contributed by atoms with Gasteiger partial charge in [-0.05, 0) is 49.6 Å². The van der Waals surface area contributed by atoms with Crippen LogP contribution in [0.2, 0.25) is 0 Å². The largest absolute Gasteiger partial charge is 0.298 e. The van der Waals surface area contributed by atoms with Gasteiger partial charge in [0.2, 0.25) is 10.0 Å². The Kier molecular flexibility index (Phi) is 6.06. The summed E-state index contributed by atoms with van der Waals surface area (Å²) in [6.45, 7) is 4.57. The summed E-state index contributed by atoms with van der Waals surface area (Å²) in [6.07, 6.45) is 2.07. The van der Waals surface area contributed by atoms with Crippen LogP contribution in [0.15, 0.2) is 59.5 Å². The van der Waals surface area contributed by atoms with Crippen LogP contribution in [-0.4, -0.2) is 49.8 Å². The number of piperazine rings is 1. The highest BCUT2D eigenvalue weighted by atomic mass is 32.2. The second-order valence-electron chi connectivity index (χ2n) is 6.77. The summed E-state index contributed by atoms with van der Waals surface area (Å²) in [6, 6.07) is 15.9. The lowest BCUT2D eigenvalue weighted by Gasteiger charge is -2.37. The van der Waals surface area contributed by atoms with E-state index in [0.717, 1.165) is 25.9 Å². The monoisotopic (exact) mass is 376 g/mol. The number of benzene rings is 2. The SMILES string of the molecule is CC(CCc1ccccc1)N1CCN(S(=O)(=O)c2ccc(F)cc2)CC1. The molecule has 0 saturated carbocycles. The fourth-order valence-electron chi connectivity index (χ4n) is 3.34. The molecular weight excluding hydrogens is 351 g/mol. The van der Waals surface area contributed by atoms with E-state index in [2.05, 4.69) is 36.1 Å².